The third-order valence-electron chi connectivity index (χ3n) is 4.87. The summed E-state index contributed by atoms with van der Waals surface area (Å²) in [5.41, 5.74) is 0.911. The fourth-order valence-electron chi connectivity index (χ4n) is 3.26. The lowest BCUT2D eigenvalue weighted by molar-refractivity contribution is -0.118. The molecule has 1 saturated heterocycles. The van der Waals surface area contributed by atoms with Gasteiger partial charge in [-0.3, -0.25) is 4.79 Å². The summed E-state index contributed by atoms with van der Waals surface area (Å²) in [5.74, 6) is 0.345. The number of hydrogen-bond acceptors (Lipinski definition) is 4. The molecule has 2 fully saturated rings. The Morgan fingerprint density at radius 1 is 1.08 bits per heavy atom. The molecule has 1 saturated carbocycles. The summed E-state index contributed by atoms with van der Waals surface area (Å²) in [6, 6.07) is 6.18. The minimum Gasteiger partial charge on any atom is -0.341 e. The number of aromatic nitrogens is 2. The van der Waals surface area contributed by atoms with Gasteiger partial charge in [-0.1, -0.05) is 12.1 Å². The number of benzene rings is 1. The maximum Gasteiger partial charge on any atom is 0.235 e. The third-order valence-corrected chi connectivity index (χ3v) is 4.87. The lowest BCUT2D eigenvalue weighted by atomic mass is 9.95. The molecule has 1 aliphatic carbocycles. The normalized spacial score (nSPS) is 18.5. The minimum absolute atomic E-state index is 0.0772. The summed E-state index contributed by atoms with van der Waals surface area (Å²) in [6.07, 6.45) is 7.19. The van der Waals surface area contributed by atoms with Crippen molar-refractivity contribution >= 4 is 17.5 Å². The number of rotatable bonds is 4. The fraction of sp³-hybridized carbons (Fsp3) is 0.389. The summed E-state index contributed by atoms with van der Waals surface area (Å²) in [4.78, 5) is 23.5. The zero-order valence-corrected chi connectivity index (χ0v) is 13.3. The van der Waals surface area contributed by atoms with Gasteiger partial charge in [-0.2, -0.15) is 0 Å². The van der Waals surface area contributed by atoms with E-state index < -0.39 is 5.41 Å². The first-order valence-electron chi connectivity index (χ1n) is 8.32. The van der Waals surface area contributed by atoms with Gasteiger partial charge in [-0.25, -0.2) is 14.4 Å². The van der Waals surface area contributed by atoms with Crippen molar-refractivity contribution in [1.82, 2.24) is 9.97 Å². The van der Waals surface area contributed by atoms with Crippen LogP contribution in [-0.2, 0) is 10.2 Å². The van der Waals surface area contributed by atoms with Gasteiger partial charge in [0.2, 0.25) is 11.9 Å². The van der Waals surface area contributed by atoms with Gasteiger partial charge in [-0.15, -0.1) is 0 Å². The Labute approximate surface area is 139 Å². The molecule has 1 N–H and O–H groups in total. The van der Waals surface area contributed by atoms with E-state index in [1.54, 1.807) is 24.5 Å². The van der Waals surface area contributed by atoms with Gasteiger partial charge in [0.25, 0.3) is 0 Å². The van der Waals surface area contributed by atoms with Gasteiger partial charge in [0.1, 0.15) is 5.82 Å². The molecule has 0 radical (unpaired) electrons. The molecule has 2 aromatic rings. The molecule has 1 amide bonds. The van der Waals surface area contributed by atoms with Crippen molar-refractivity contribution in [2.45, 2.75) is 31.1 Å². The summed E-state index contributed by atoms with van der Waals surface area (Å²) in [5, 5.41) is 2.90. The lowest BCUT2D eigenvalue weighted by Gasteiger charge is -2.17. The number of carbonyl (C=O) groups is 1. The molecule has 2 heterocycles. The van der Waals surface area contributed by atoms with Crippen LogP contribution in [0.3, 0.4) is 0 Å². The molecule has 5 nitrogen and oxygen atoms in total. The zero-order chi connectivity index (χ0) is 16.6. The van der Waals surface area contributed by atoms with Crippen molar-refractivity contribution in [3.05, 3.63) is 48.0 Å². The predicted molar refractivity (Wildman–Crippen MR) is 89.4 cm³/mol. The SMILES string of the molecule is O=C(Nc1cnc(N2CCCC2)nc1)C1(c2ccc(F)cc2)CC1. The van der Waals surface area contributed by atoms with Crippen LogP contribution in [0.2, 0.25) is 0 Å². The van der Waals surface area contributed by atoms with Crippen LogP contribution in [0.4, 0.5) is 16.0 Å². The van der Waals surface area contributed by atoms with Crippen molar-refractivity contribution in [3.8, 4) is 0 Å². The van der Waals surface area contributed by atoms with E-state index in [9.17, 15) is 9.18 Å². The van der Waals surface area contributed by atoms with Crippen LogP contribution in [0.5, 0.6) is 0 Å². The molecule has 0 bridgehead atoms. The van der Waals surface area contributed by atoms with Gasteiger partial charge in [0.05, 0.1) is 23.5 Å². The van der Waals surface area contributed by atoms with E-state index in [0.717, 1.165) is 31.5 Å². The largest absolute Gasteiger partial charge is 0.341 e. The first kappa shape index (κ1) is 15.1. The summed E-state index contributed by atoms with van der Waals surface area (Å²) in [6.45, 7) is 1.97. The van der Waals surface area contributed by atoms with Crippen LogP contribution in [0, 0.1) is 5.82 Å². The molecule has 2 aliphatic rings. The van der Waals surface area contributed by atoms with Crippen molar-refractivity contribution in [3.63, 3.8) is 0 Å². The molecule has 124 valence electrons. The van der Waals surface area contributed by atoms with E-state index in [4.69, 9.17) is 0 Å². The maximum atomic E-state index is 13.1. The van der Waals surface area contributed by atoms with Crippen LogP contribution in [-0.4, -0.2) is 29.0 Å². The van der Waals surface area contributed by atoms with Crippen molar-refractivity contribution in [1.29, 1.82) is 0 Å². The van der Waals surface area contributed by atoms with Gasteiger partial charge in [0.15, 0.2) is 0 Å². The highest BCUT2D eigenvalue weighted by Crippen LogP contribution is 2.49. The average molecular weight is 326 g/mol. The van der Waals surface area contributed by atoms with Crippen LogP contribution in [0.15, 0.2) is 36.7 Å². The van der Waals surface area contributed by atoms with E-state index in [2.05, 4.69) is 20.2 Å². The van der Waals surface area contributed by atoms with Gasteiger partial charge >= 0.3 is 0 Å². The molecule has 1 aliphatic heterocycles. The minimum atomic E-state index is -0.540. The lowest BCUT2D eigenvalue weighted by Crippen LogP contribution is -2.28. The third kappa shape index (κ3) is 2.72. The number of hydrogen-bond donors (Lipinski definition) is 1. The Balaban J connectivity index is 1.46. The highest BCUT2D eigenvalue weighted by atomic mass is 19.1. The van der Waals surface area contributed by atoms with Crippen LogP contribution in [0.25, 0.3) is 0 Å². The number of nitrogens with one attached hydrogen (secondary N) is 1. The molecule has 0 spiro atoms. The van der Waals surface area contributed by atoms with E-state index in [-0.39, 0.29) is 11.7 Å². The Morgan fingerprint density at radius 3 is 2.29 bits per heavy atom. The second-order valence-electron chi connectivity index (χ2n) is 6.51. The number of halogens is 1. The van der Waals surface area contributed by atoms with E-state index in [1.807, 2.05) is 0 Å². The van der Waals surface area contributed by atoms with Gasteiger partial charge < -0.3 is 10.2 Å². The molecular formula is C18H19FN4O. The van der Waals surface area contributed by atoms with Crippen molar-refractivity contribution in [2.75, 3.05) is 23.3 Å². The molecular weight excluding hydrogens is 307 g/mol. The smallest absolute Gasteiger partial charge is 0.235 e. The fourth-order valence-corrected chi connectivity index (χ4v) is 3.26. The van der Waals surface area contributed by atoms with Crippen molar-refractivity contribution < 1.29 is 9.18 Å². The second kappa shape index (κ2) is 5.85. The Hall–Kier alpha value is -2.50. The molecule has 6 heteroatoms. The monoisotopic (exact) mass is 326 g/mol. The quantitative estimate of drug-likeness (QED) is 0.938. The molecule has 4 rings (SSSR count). The summed E-state index contributed by atoms with van der Waals surface area (Å²) < 4.78 is 13.1. The number of anilines is 2. The topological polar surface area (TPSA) is 58.1 Å². The highest BCUT2D eigenvalue weighted by molar-refractivity contribution is 6.01. The second-order valence-corrected chi connectivity index (χ2v) is 6.51. The Kier molecular flexibility index (Phi) is 3.67. The number of nitrogens with zero attached hydrogens (tertiary/aromatic N) is 3. The first-order chi connectivity index (χ1) is 11.7. The Bertz CT molecular complexity index is 735. The summed E-state index contributed by atoms with van der Waals surface area (Å²) in [7, 11) is 0. The van der Waals surface area contributed by atoms with Crippen LogP contribution >= 0.6 is 0 Å². The van der Waals surface area contributed by atoms with Crippen LogP contribution < -0.4 is 10.2 Å². The molecule has 1 aromatic carbocycles. The molecule has 0 atom stereocenters. The predicted octanol–water partition coefficient (Wildman–Crippen LogP) is 2.89. The molecule has 1 aromatic heterocycles. The Morgan fingerprint density at radius 2 is 1.71 bits per heavy atom. The van der Waals surface area contributed by atoms with Crippen molar-refractivity contribution in [2.24, 2.45) is 0 Å². The van der Waals surface area contributed by atoms with Gasteiger partial charge in [0, 0.05) is 13.1 Å². The standard InChI is InChI=1S/C18H19FN4O/c19-14-5-3-13(4-6-14)18(7-8-18)16(24)22-15-11-20-17(21-12-15)23-9-1-2-10-23/h3-6,11-12H,1-2,7-10H2,(H,22,24). The average Bonchev–Trinajstić information content (AvgIpc) is 3.23. The number of carbonyl (C=O) groups excluding carboxylic acids is 1. The van der Waals surface area contributed by atoms with Crippen LogP contribution in [0.1, 0.15) is 31.2 Å². The van der Waals surface area contributed by atoms with E-state index in [0.29, 0.717) is 11.6 Å². The van der Waals surface area contributed by atoms with E-state index in [1.165, 1.54) is 25.0 Å². The van der Waals surface area contributed by atoms with E-state index >= 15 is 0 Å². The molecule has 0 unspecified atom stereocenters. The molecule has 24 heavy (non-hydrogen) atoms. The zero-order valence-electron chi connectivity index (χ0n) is 13.3. The van der Waals surface area contributed by atoms with Gasteiger partial charge in [-0.05, 0) is 43.4 Å². The summed E-state index contributed by atoms with van der Waals surface area (Å²) >= 11 is 0. The highest BCUT2D eigenvalue weighted by Gasteiger charge is 2.51. The maximum absolute atomic E-state index is 13.1. The number of amides is 1. The first-order valence-corrected chi connectivity index (χ1v) is 8.32.